The average Bonchev–Trinajstić information content (AvgIpc) is 2.30. The summed E-state index contributed by atoms with van der Waals surface area (Å²) in [6, 6.07) is 0. The maximum atomic E-state index is 5.87. The summed E-state index contributed by atoms with van der Waals surface area (Å²) in [5, 5.41) is 3.26. The molecule has 0 bridgehead atoms. The van der Waals surface area contributed by atoms with E-state index in [2.05, 4.69) is 22.3 Å². The number of halogens is 1. The van der Waals surface area contributed by atoms with E-state index in [4.69, 9.17) is 5.73 Å². The Labute approximate surface area is 134 Å². The molecule has 0 unspecified atom stereocenters. The molecule has 1 saturated heterocycles. The number of rotatable bonds is 5. The van der Waals surface area contributed by atoms with Crippen molar-refractivity contribution < 1.29 is 0 Å². The maximum Gasteiger partial charge on any atom is 0.188 e. The number of likely N-dealkylation sites (tertiary alicyclic amines) is 1. The summed E-state index contributed by atoms with van der Waals surface area (Å²) in [5.41, 5.74) is 5.87. The molecule has 112 valence electrons. The van der Waals surface area contributed by atoms with Gasteiger partial charge in [-0.3, -0.25) is 4.99 Å². The number of nitrogens with zero attached hydrogens (tertiary/aromatic N) is 2. The average molecular weight is 380 g/mol. The van der Waals surface area contributed by atoms with Crippen molar-refractivity contribution in [2.24, 2.45) is 22.6 Å². The topological polar surface area (TPSA) is 53.6 Å². The van der Waals surface area contributed by atoms with Crippen LogP contribution in [0.1, 0.15) is 38.5 Å². The molecule has 1 heterocycles. The minimum absolute atomic E-state index is 0. The Morgan fingerprint density at radius 3 is 2.47 bits per heavy atom. The summed E-state index contributed by atoms with van der Waals surface area (Å²) in [6.07, 6.45) is 7.95. The second-order valence-electron chi connectivity index (χ2n) is 5.98. The third-order valence-corrected chi connectivity index (χ3v) is 4.44. The summed E-state index contributed by atoms with van der Waals surface area (Å²) in [6.45, 7) is 4.40. The lowest BCUT2D eigenvalue weighted by molar-refractivity contribution is 0.213. The van der Waals surface area contributed by atoms with E-state index in [0.717, 1.165) is 24.9 Å². The second kappa shape index (κ2) is 9.00. The number of nitrogens with two attached hydrogens (primary N) is 1. The summed E-state index contributed by atoms with van der Waals surface area (Å²) in [4.78, 5) is 6.83. The van der Waals surface area contributed by atoms with Gasteiger partial charge in [0.15, 0.2) is 5.96 Å². The van der Waals surface area contributed by atoms with Crippen LogP contribution in [0.4, 0.5) is 0 Å². The number of hydrogen-bond acceptors (Lipinski definition) is 2. The Morgan fingerprint density at radius 1 is 1.21 bits per heavy atom. The zero-order chi connectivity index (χ0) is 12.8. The summed E-state index contributed by atoms with van der Waals surface area (Å²) < 4.78 is 0. The first-order valence-electron chi connectivity index (χ1n) is 7.46. The molecular formula is C14H29IN4. The minimum atomic E-state index is 0. The second-order valence-corrected chi connectivity index (χ2v) is 5.98. The highest BCUT2D eigenvalue weighted by molar-refractivity contribution is 14.0. The number of nitrogens with one attached hydrogen (secondary N) is 1. The standard InChI is InChI=1S/C14H28N4.HI/c1-18-9-6-12(7-10-18)5-8-16-14(15)17-11-13-3-2-4-13;/h12-13H,2-11H2,1H3,(H3,15,16,17);1H. The molecule has 0 aromatic rings. The van der Waals surface area contributed by atoms with Crippen molar-refractivity contribution in [2.45, 2.75) is 38.5 Å². The van der Waals surface area contributed by atoms with Crippen molar-refractivity contribution in [3.05, 3.63) is 0 Å². The monoisotopic (exact) mass is 380 g/mol. The van der Waals surface area contributed by atoms with Crippen LogP contribution in [0.15, 0.2) is 4.99 Å². The number of hydrogen-bond donors (Lipinski definition) is 2. The van der Waals surface area contributed by atoms with Gasteiger partial charge in [-0.15, -0.1) is 24.0 Å². The number of guanidine groups is 1. The van der Waals surface area contributed by atoms with Crippen molar-refractivity contribution >= 4 is 29.9 Å². The van der Waals surface area contributed by atoms with Crippen LogP contribution in [0.5, 0.6) is 0 Å². The van der Waals surface area contributed by atoms with E-state index in [-0.39, 0.29) is 24.0 Å². The van der Waals surface area contributed by atoms with Crippen LogP contribution in [0.2, 0.25) is 0 Å². The van der Waals surface area contributed by atoms with E-state index in [1.807, 2.05) is 0 Å². The fourth-order valence-corrected chi connectivity index (χ4v) is 2.71. The number of aliphatic imine (C=N–C) groups is 1. The van der Waals surface area contributed by atoms with Crippen LogP contribution < -0.4 is 11.1 Å². The predicted octanol–water partition coefficient (Wildman–Crippen LogP) is 2.04. The summed E-state index contributed by atoms with van der Waals surface area (Å²) >= 11 is 0. The van der Waals surface area contributed by atoms with Crippen LogP contribution in [0.3, 0.4) is 0 Å². The Kier molecular flexibility index (Phi) is 8.06. The lowest BCUT2D eigenvalue weighted by Gasteiger charge is -2.29. The van der Waals surface area contributed by atoms with Crippen LogP contribution in [-0.4, -0.2) is 44.1 Å². The van der Waals surface area contributed by atoms with Gasteiger partial charge in [0.05, 0.1) is 0 Å². The smallest absolute Gasteiger partial charge is 0.188 e. The van der Waals surface area contributed by atoms with Crippen molar-refractivity contribution in [3.8, 4) is 0 Å². The molecule has 0 spiro atoms. The molecule has 0 aromatic heterocycles. The first kappa shape index (κ1) is 17.0. The molecule has 0 aromatic carbocycles. The van der Waals surface area contributed by atoms with Gasteiger partial charge in [-0.2, -0.15) is 0 Å². The number of piperidine rings is 1. The highest BCUT2D eigenvalue weighted by atomic mass is 127. The third-order valence-electron chi connectivity index (χ3n) is 4.44. The molecule has 4 nitrogen and oxygen atoms in total. The van der Waals surface area contributed by atoms with Gasteiger partial charge in [0, 0.05) is 13.1 Å². The van der Waals surface area contributed by atoms with Crippen molar-refractivity contribution in [3.63, 3.8) is 0 Å². The van der Waals surface area contributed by atoms with Gasteiger partial charge in [0.25, 0.3) is 0 Å². The molecular weight excluding hydrogens is 351 g/mol. The molecule has 0 amide bonds. The van der Waals surface area contributed by atoms with Crippen molar-refractivity contribution in [1.29, 1.82) is 0 Å². The van der Waals surface area contributed by atoms with Gasteiger partial charge in [-0.05, 0) is 64.1 Å². The first-order chi connectivity index (χ1) is 8.74. The lowest BCUT2D eigenvalue weighted by atomic mass is 9.86. The molecule has 0 radical (unpaired) electrons. The van der Waals surface area contributed by atoms with Crippen LogP contribution in [0, 0.1) is 11.8 Å². The van der Waals surface area contributed by atoms with E-state index < -0.39 is 0 Å². The van der Waals surface area contributed by atoms with Gasteiger partial charge < -0.3 is 16.0 Å². The molecule has 2 aliphatic rings. The molecule has 2 rings (SSSR count). The van der Waals surface area contributed by atoms with Crippen molar-refractivity contribution in [2.75, 3.05) is 33.2 Å². The SMILES string of the molecule is CN1CCC(CCNC(N)=NCC2CCC2)CC1.I. The van der Waals surface area contributed by atoms with Gasteiger partial charge in [0.2, 0.25) is 0 Å². The highest BCUT2D eigenvalue weighted by Crippen LogP contribution is 2.26. The van der Waals surface area contributed by atoms with Gasteiger partial charge >= 0.3 is 0 Å². The summed E-state index contributed by atoms with van der Waals surface area (Å²) in [5.74, 6) is 2.32. The van der Waals surface area contributed by atoms with Crippen LogP contribution in [-0.2, 0) is 0 Å². The quantitative estimate of drug-likeness (QED) is 0.436. The van der Waals surface area contributed by atoms with Crippen molar-refractivity contribution in [1.82, 2.24) is 10.2 Å². The lowest BCUT2D eigenvalue weighted by Crippen LogP contribution is -2.36. The Hall–Kier alpha value is -0.0400. The fourth-order valence-electron chi connectivity index (χ4n) is 2.71. The Bertz CT molecular complexity index is 271. The highest BCUT2D eigenvalue weighted by Gasteiger charge is 2.17. The first-order valence-corrected chi connectivity index (χ1v) is 7.46. The molecule has 5 heteroatoms. The summed E-state index contributed by atoms with van der Waals surface area (Å²) in [7, 11) is 2.21. The molecule has 1 aliphatic carbocycles. The zero-order valence-corrected chi connectivity index (χ0v) is 14.4. The third kappa shape index (κ3) is 6.29. The van der Waals surface area contributed by atoms with Crippen LogP contribution in [0.25, 0.3) is 0 Å². The maximum absolute atomic E-state index is 5.87. The van der Waals surface area contributed by atoms with Gasteiger partial charge in [0.1, 0.15) is 0 Å². The van der Waals surface area contributed by atoms with Crippen LogP contribution >= 0.6 is 24.0 Å². The molecule has 0 atom stereocenters. The zero-order valence-electron chi connectivity index (χ0n) is 12.1. The van der Waals surface area contributed by atoms with E-state index >= 15 is 0 Å². The molecule has 3 N–H and O–H groups in total. The minimum Gasteiger partial charge on any atom is -0.370 e. The van der Waals surface area contributed by atoms with E-state index in [9.17, 15) is 0 Å². The van der Waals surface area contributed by atoms with Gasteiger partial charge in [-0.25, -0.2) is 0 Å². The van der Waals surface area contributed by atoms with E-state index in [1.54, 1.807) is 0 Å². The Morgan fingerprint density at radius 2 is 1.89 bits per heavy atom. The molecule has 19 heavy (non-hydrogen) atoms. The van der Waals surface area contributed by atoms with E-state index in [1.165, 1.54) is 51.6 Å². The molecule has 1 saturated carbocycles. The predicted molar refractivity (Wildman–Crippen MR) is 92.1 cm³/mol. The molecule has 1 aliphatic heterocycles. The molecule has 2 fully saturated rings. The largest absolute Gasteiger partial charge is 0.370 e. The Balaban J connectivity index is 0.00000180. The van der Waals surface area contributed by atoms with Gasteiger partial charge in [-0.1, -0.05) is 6.42 Å². The fraction of sp³-hybridized carbons (Fsp3) is 0.929. The normalized spacial score (nSPS) is 22.7. The van der Waals surface area contributed by atoms with E-state index in [0.29, 0.717) is 5.96 Å².